The van der Waals surface area contributed by atoms with E-state index >= 15 is 0 Å². The highest BCUT2D eigenvalue weighted by molar-refractivity contribution is 5.92. The summed E-state index contributed by atoms with van der Waals surface area (Å²) in [7, 11) is 1.40. The van der Waals surface area contributed by atoms with Crippen LogP contribution in [0.25, 0.3) is 0 Å². The van der Waals surface area contributed by atoms with E-state index in [-0.39, 0.29) is 5.97 Å². The molecule has 0 aromatic heterocycles. The first-order valence-electron chi connectivity index (χ1n) is 7.41. The fourth-order valence-electron chi connectivity index (χ4n) is 2.58. The van der Waals surface area contributed by atoms with Crippen LogP contribution in [0.5, 0.6) is 0 Å². The first-order chi connectivity index (χ1) is 9.81. The molecular weight excluding hydrogens is 250 g/mol. The van der Waals surface area contributed by atoms with Crippen molar-refractivity contribution >= 4 is 5.97 Å². The van der Waals surface area contributed by atoms with Crippen molar-refractivity contribution in [3.05, 3.63) is 47.7 Å². The van der Waals surface area contributed by atoms with Gasteiger partial charge in [-0.2, -0.15) is 0 Å². The van der Waals surface area contributed by atoms with Gasteiger partial charge in [-0.05, 0) is 37.1 Å². The Balaban J connectivity index is 2.05. The second-order valence-corrected chi connectivity index (χ2v) is 5.18. The normalized spacial score (nSPS) is 28.6. The lowest BCUT2D eigenvalue weighted by Gasteiger charge is -2.27. The van der Waals surface area contributed by atoms with Crippen molar-refractivity contribution in [3.8, 4) is 0 Å². The predicted molar refractivity (Wildman–Crippen MR) is 81.1 cm³/mol. The number of hydrogen-bond donors (Lipinski definition) is 0. The van der Waals surface area contributed by atoms with Gasteiger partial charge in [0.2, 0.25) is 0 Å². The van der Waals surface area contributed by atoms with Crippen molar-refractivity contribution in [1.29, 1.82) is 0 Å². The van der Waals surface area contributed by atoms with Gasteiger partial charge in [0, 0.05) is 18.8 Å². The Hall–Kier alpha value is -1.77. The molecule has 1 fully saturated rings. The molecule has 20 heavy (non-hydrogen) atoms. The van der Waals surface area contributed by atoms with E-state index in [4.69, 9.17) is 4.74 Å². The smallest absolute Gasteiger partial charge is 0.337 e. The summed E-state index contributed by atoms with van der Waals surface area (Å²) < 4.78 is 4.74. The van der Waals surface area contributed by atoms with E-state index in [1.54, 1.807) is 12.2 Å². The van der Waals surface area contributed by atoms with Crippen LogP contribution in [0.2, 0.25) is 0 Å². The zero-order valence-corrected chi connectivity index (χ0v) is 12.2. The van der Waals surface area contributed by atoms with Crippen LogP contribution in [0.4, 0.5) is 0 Å². The zero-order valence-electron chi connectivity index (χ0n) is 12.2. The summed E-state index contributed by atoms with van der Waals surface area (Å²) in [5.41, 5.74) is 1.80. The molecule has 0 unspecified atom stereocenters. The molecule has 2 rings (SSSR count). The van der Waals surface area contributed by atoms with E-state index in [1.165, 1.54) is 44.9 Å². The van der Waals surface area contributed by atoms with Gasteiger partial charge in [0.1, 0.15) is 0 Å². The third-order valence-corrected chi connectivity index (χ3v) is 3.73. The highest BCUT2D eigenvalue weighted by atomic mass is 16.5. The van der Waals surface area contributed by atoms with E-state index in [0.717, 1.165) is 13.1 Å². The monoisotopic (exact) mass is 273 g/mol. The number of nitrogens with zero attached hydrogens (tertiary/aromatic N) is 1. The Morgan fingerprint density at radius 1 is 1.00 bits per heavy atom. The van der Waals surface area contributed by atoms with Gasteiger partial charge in [0.15, 0.2) is 0 Å². The van der Waals surface area contributed by atoms with Crippen LogP contribution in [0, 0.1) is 0 Å². The van der Waals surface area contributed by atoms with Gasteiger partial charge in [-0.25, -0.2) is 4.79 Å². The second-order valence-electron chi connectivity index (χ2n) is 5.18. The molecule has 0 N–H and O–H groups in total. The number of rotatable bonds is 2. The van der Waals surface area contributed by atoms with Gasteiger partial charge in [0.25, 0.3) is 0 Å². The Morgan fingerprint density at radius 3 is 2.35 bits per heavy atom. The van der Waals surface area contributed by atoms with Crippen LogP contribution in [0.3, 0.4) is 0 Å². The van der Waals surface area contributed by atoms with E-state index in [0.29, 0.717) is 5.57 Å². The van der Waals surface area contributed by atoms with Gasteiger partial charge >= 0.3 is 5.97 Å². The fourth-order valence-corrected chi connectivity index (χ4v) is 2.58. The number of hydrogen-bond acceptors (Lipinski definition) is 3. The second kappa shape index (κ2) is 7.73. The molecule has 0 aromatic rings. The maximum atomic E-state index is 11.5. The molecule has 3 nitrogen and oxygen atoms in total. The molecule has 0 bridgehead atoms. The summed E-state index contributed by atoms with van der Waals surface area (Å²) in [6, 6.07) is 0. The average Bonchev–Trinajstić information content (AvgIpc) is 2.38. The lowest BCUT2D eigenvalue weighted by Crippen LogP contribution is -2.26. The van der Waals surface area contributed by atoms with E-state index in [2.05, 4.69) is 17.1 Å². The highest BCUT2D eigenvalue weighted by Crippen LogP contribution is 2.17. The van der Waals surface area contributed by atoms with Gasteiger partial charge in [-0.15, -0.1) is 0 Å². The molecule has 0 atom stereocenters. The van der Waals surface area contributed by atoms with Crippen molar-refractivity contribution in [3.63, 3.8) is 0 Å². The van der Waals surface area contributed by atoms with Gasteiger partial charge < -0.3 is 9.64 Å². The summed E-state index contributed by atoms with van der Waals surface area (Å²) in [5, 5.41) is 0. The quantitative estimate of drug-likeness (QED) is 0.723. The first kappa shape index (κ1) is 14.6. The molecule has 1 heterocycles. The minimum atomic E-state index is -0.297. The third kappa shape index (κ3) is 4.12. The summed E-state index contributed by atoms with van der Waals surface area (Å²) in [4.78, 5) is 13.9. The minimum Gasteiger partial charge on any atom is -0.465 e. The summed E-state index contributed by atoms with van der Waals surface area (Å²) in [6.45, 7) is 2.25. The molecule has 0 aromatic carbocycles. The highest BCUT2D eigenvalue weighted by Gasteiger charge is 2.10. The van der Waals surface area contributed by atoms with Crippen LogP contribution >= 0.6 is 0 Å². The van der Waals surface area contributed by atoms with Crippen molar-refractivity contribution in [1.82, 2.24) is 4.90 Å². The molecular formula is C17H23NO2. The molecule has 2 aliphatic rings. The van der Waals surface area contributed by atoms with Crippen LogP contribution < -0.4 is 0 Å². The molecule has 1 saturated heterocycles. The topological polar surface area (TPSA) is 29.5 Å². The third-order valence-electron chi connectivity index (χ3n) is 3.73. The van der Waals surface area contributed by atoms with E-state index in [9.17, 15) is 4.79 Å². The largest absolute Gasteiger partial charge is 0.465 e. The molecule has 0 saturated carbocycles. The minimum absolute atomic E-state index is 0.297. The van der Waals surface area contributed by atoms with Gasteiger partial charge in [-0.3, -0.25) is 0 Å². The summed E-state index contributed by atoms with van der Waals surface area (Å²) >= 11 is 0. The molecule has 108 valence electrons. The predicted octanol–water partition coefficient (Wildman–Crippen LogP) is 3.36. The Bertz CT molecular complexity index is 450. The van der Waals surface area contributed by atoms with Gasteiger partial charge in [0.05, 0.1) is 12.7 Å². The number of methoxy groups -OCH3 is 1. The summed E-state index contributed by atoms with van der Waals surface area (Å²) in [6.07, 6.45) is 18.2. The Kier molecular flexibility index (Phi) is 5.66. The van der Waals surface area contributed by atoms with Crippen molar-refractivity contribution in [2.45, 2.75) is 32.1 Å². The molecule has 0 amide bonds. The van der Waals surface area contributed by atoms with E-state index < -0.39 is 0 Å². The fraction of sp³-hybridized carbons (Fsp3) is 0.471. The Labute approximate surface area is 121 Å². The first-order valence-corrected chi connectivity index (χ1v) is 7.41. The van der Waals surface area contributed by atoms with Crippen LogP contribution in [-0.4, -0.2) is 31.1 Å². The SMILES string of the molecule is COC(=O)C1=C/C=C\C(N2CCCCCCC2)=C/C=C\1. The number of ether oxygens (including phenoxy) is 1. The maximum absolute atomic E-state index is 11.5. The maximum Gasteiger partial charge on any atom is 0.337 e. The lowest BCUT2D eigenvalue weighted by atomic mass is 10.1. The number of allylic oxidation sites excluding steroid dienone is 5. The molecule has 0 spiro atoms. The van der Waals surface area contributed by atoms with Gasteiger partial charge in [-0.1, -0.05) is 31.4 Å². The molecule has 3 heteroatoms. The van der Waals surface area contributed by atoms with E-state index in [1.807, 2.05) is 12.2 Å². The molecule has 0 radical (unpaired) electrons. The van der Waals surface area contributed by atoms with Crippen molar-refractivity contribution in [2.75, 3.05) is 20.2 Å². The summed E-state index contributed by atoms with van der Waals surface area (Å²) in [5.74, 6) is -0.297. The number of carbonyl (C=O) groups is 1. The standard InChI is InChI=1S/C17H23NO2/c1-20-17(19)15-9-7-11-16(12-8-10-15)18-13-5-3-2-4-6-14-18/h7-12H,2-6,13-14H2,1H3/b9-7-,10-8?,11-7?,12-8-,15-9?,15-10+,16-11+,16-12?. The Morgan fingerprint density at radius 2 is 1.65 bits per heavy atom. The van der Waals surface area contributed by atoms with Crippen LogP contribution in [0.1, 0.15) is 32.1 Å². The lowest BCUT2D eigenvalue weighted by molar-refractivity contribution is -0.135. The number of carbonyl (C=O) groups excluding carboxylic acids is 1. The number of likely N-dealkylation sites (tertiary alicyclic amines) is 1. The van der Waals surface area contributed by atoms with Crippen molar-refractivity contribution < 1.29 is 9.53 Å². The van der Waals surface area contributed by atoms with Crippen molar-refractivity contribution in [2.24, 2.45) is 0 Å². The van der Waals surface area contributed by atoms with Crippen LogP contribution in [-0.2, 0) is 9.53 Å². The zero-order chi connectivity index (χ0) is 14.2. The number of esters is 1. The molecule has 1 aliphatic heterocycles. The molecule has 1 aliphatic carbocycles. The van der Waals surface area contributed by atoms with Crippen LogP contribution in [0.15, 0.2) is 47.7 Å². The average molecular weight is 273 g/mol.